The molecule has 4 nitrogen and oxygen atoms in total. The summed E-state index contributed by atoms with van der Waals surface area (Å²) in [4.78, 5) is 37.8. The Morgan fingerprint density at radius 2 is 0.839 bits per heavy atom. The van der Waals surface area contributed by atoms with Gasteiger partial charge in [-0.25, -0.2) is 0 Å². The van der Waals surface area contributed by atoms with Gasteiger partial charge in [0, 0.05) is 48.9 Å². The molecule has 7 heteroatoms. The molecule has 0 N–H and O–H groups in total. The number of benzene rings is 2. The topological polar surface area (TPSA) is 40.6 Å². The van der Waals surface area contributed by atoms with Gasteiger partial charge in [0.1, 0.15) is 0 Å². The number of rotatable bonds is 30. The average Bonchev–Trinajstić information content (AvgIpc) is 4.03. The first kappa shape index (κ1) is 48.7. The second-order valence-electron chi connectivity index (χ2n) is 18.7. The molecule has 0 saturated carbocycles. The highest BCUT2D eigenvalue weighted by atomic mass is 79.9. The van der Waals surface area contributed by atoms with Crippen molar-refractivity contribution in [1.82, 2.24) is 0 Å². The maximum Gasteiger partial charge on any atom is 0.260 e. The largest absolute Gasteiger partial charge is 0.307 e. The number of unbranched alkanes of at least 4 members (excludes halogenated alkanes) is 16. The molecule has 0 bridgehead atoms. The predicted octanol–water partition coefficient (Wildman–Crippen LogP) is 15.8. The number of thiophene rings is 2. The molecule has 2 aromatic heterocycles. The Balaban J connectivity index is 1.43. The Labute approximate surface area is 391 Å². The van der Waals surface area contributed by atoms with Crippen LogP contribution in [0.5, 0.6) is 0 Å². The number of fused-ring (bicyclic) bond motifs is 5. The number of amides is 2. The summed E-state index contributed by atoms with van der Waals surface area (Å²) in [5.74, 6) is 1.18. The molecule has 2 aliphatic heterocycles. The SMILES string of the molecule is CCCCCCCCC(CCCCCC)CN1C(=O)C(c2ccc(C)s2)=c2ccc3c4c(ccc3c21)=C(c1ccc(Br)s1)C(=O)N4CC(CCCCCC)CCCCCCCC. The van der Waals surface area contributed by atoms with Gasteiger partial charge in [-0.05, 0) is 84.6 Å². The van der Waals surface area contributed by atoms with Crippen molar-refractivity contribution in [2.45, 2.75) is 189 Å². The molecule has 0 radical (unpaired) electrons. The van der Waals surface area contributed by atoms with Gasteiger partial charge in [0.2, 0.25) is 0 Å². The number of carbonyl (C=O) groups is 2. The van der Waals surface area contributed by atoms with Crippen LogP contribution < -0.4 is 20.2 Å². The molecule has 2 atom stereocenters. The molecule has 2 aromatic carbocycles. The predicted molar refractivity (Wildman–Crippen MR) is 274 cm³/mol. The number of anilines is 2. The van der Waals surface area contributed by atoms with Gasteiger partial charge in [0.15, 0.2) is 0 Å². The number of hydrogen-bond acceptors (Lipinski definition) is 4. The van der Waals surface area contributed by atoms with E-state index in [0.29, 0.717) is 11.8 Å². The maximum atomic E-state index is 15.1. The van der Waals surface area contributed by atoms with Crippen LogP contribution in [0.15, 0.2) is 52.3 Å². The third-order valence-electron chi connectivity index (χ3n) is 13.7. The lowest BCUT2D eigenvalue weighted by molar-refractivity contribution is -0.114. The van der Waals surface area contributed by atoms with Crippen molar-refractivity contribution in [2.24, 2.45) is 11.8 Å². The molecular formula is C55H77BrN2O2S2. The summed E-state index contributed by atoms with van der Waals surface area (Å²) >= 11 is 7.09. The van der Waals surface area contributed by atoms with Crippen molar-refractivity contribution in [3.05, 3.63) is 77.4 Å². The minimum Gasteiger partial charge on any atom is -0.307 e. The Hall–Kier alpha value is -2.74. The molecule has 338 valence electrons. The molecule has 2 aliphatic rings. The van der Waals surface area contributed by atoms with Crippen molar-refractivity contribution >= 4 is 83.7 Å². The standard InChI is InChI=1S/C55H77BrN2O2S2/c1-6-10-14-18-20-24-28-41(26-22-16-12-8-3)38-57-52-43-32-34-46-51(48-36-37-49(56)62-48)55(60)58(39-42(27-23-17-13-9-4)29-25-21-19-15-11-7-2)53(46)44(43)31-33-45(52)50(54(57)59)47-35-30-40(5)61-47/h30-37,41-42H,6-29,38-39H2,1-5H3. The summed E-state index contributed by atoms with van der Waals surface area (Å²) in [7, 11) is 0. The van der Waals surface area contributed by atoms with E-state index >= 15 is 9.59 Å². The van der Waals surface area contributed by atoms with Gasteiger partial charge in [0.05, 0.1) is 26.3 Å². The highest BCUT2D eigenvalue weighted by Crippen LogP contribution is 2.41. The number of halogens is 1. The molecule has 0 saturated heterocycles. The van der Waals surface area contributed by atoms with Gasteiger partial charge in [0.25, 0.3) is 11.8 Å². The van der Waals surface area contributed by atoms with Crippen molar-refractivity contribution in [1.29, 1.82) is 0 Å². The van der Waals surface area contributed by atoms with E-state index in [1.165, 1.54) is 140 Å². The number of aryl methyl sites for hydroxylation is 1. The lowest BCUT2D eigenvalue weighted by atomic mass is 9.93. The van der Waals surface area contributed by atoms with Crippen molar-refractivity contribution in [2.75, 3.05) is 22.9 Å². The smallest absolute Gasteiger partial charge is 0.260 e. The van der Waals surface area contributed by atoms with Crippen LogP contribution in [0.1, 0.15) is 196 Å². The minimum atomic E-state index is 0.129. The molecular weight excluding hydrogens is 865 g/mol. The third-order valence-corrected chi connectivity index (χ3v) is 16.4. The third kappa shape index (κ3) is 12.3. The molecule has 6 rings (SSSR count). The highest BCUT2D eigenvalue weighted by Gasteiger charge is 2.37. The zero-order chi connectivity index (χ0) is 43.8. The summed E-state index contributed by atoms with van der Waals surface area (Å²) < 4.78 is 1.04. The Kier molecular flexibility index (Phi) is 19.7. The van der Waals surface area contributed by atoms with Crippen LogP contribution in [0.3, 0.4) is 0 Å². The first-order valence-electron chi connectivity index (χ1n) is 25.1. The normalized spacial score (nSPS) is 14.8. The molecule has 4 heterocycles. The Morgan fingerprint density at radius 3 is 1.21 bits per heavy atom. The van der Waals surface area contributed by atoms with E-state index in [9.17, 15) is 0 Å². The average molecular weight is 942 g/mol. The fourth-order valence-corrected chi connectivity index (χ4v) is 12.6. The molecule has 2 unspecified atom stereocenters. The fourth-order valence-electron chi connectivity index (χ4n) is 10.2. The monoisotopic (exact) mass is 940 g/mol. The summed E-state index contributed by atoms with van der Waals surface area (Å²) in [5.41, 5.74) is 3.77. The number of nitrogens with zero attached hydrogens (tertiary/aromatic N) is 2. The Morgan fingerprint density at radius 1 is 0.468 bits per heavy atom. The van der Waals surface area contributed by atoms with Crippen molar-refractivity contribution < 1.29 is 9.59 Å². The van der Waals surface area contributed by atoms with Gasteiger partial charge < -0.3 is 9.80 Å². The van der Waals surface area contributed by atoms with E-state index in [-0.39, 0.29) is 11.8 Å². The van der Waals surface area contributed by atoms with Crippen LogP contribution in [-0.2, 0) is 9.59 Å². The van der Waals surface area contributed by atoms with Gasteiger partial charge in [-0.3, -0.25) is 9.59 Å². The molecule has 62 heavy (non-hydrogen) atoms. The molecule has 0 fully saturated rings. The van der Waals surface area contributed by atoms with Crippen LogP contribution in [0, 0.1) is 18.8 Å². The van der Waals surface area contributed by atoms with Gasteiger partial charge in [-0.2, -0.15) is 0 Å². The molecule has 0 aliphatic carbocycles. The minimum absolute atomic E-state index is 0.129. The lowest BCUT2D eigenvalue weighted by Crippen LogP contribution is -2.34. The van der Waals surface area contributed by atoms with Crippen LogP contribution in [0.4, 0.5) is 11.4 Å². The van der Waals surface area contributed by atoms with E-state index in [2.05, 4.69) is 109 Å². The molecule has 4 aromatic rings. The summed E-state index contributed by atoms with van der Waals surface area (Å²) in [6.07, 6.45) is 30.1. The highest BCUT2D eigenvalue weighted by molar-refractivity contribution is 9.11. The first-order chi connectivity index (χ1) is 30.3. The fraction of sp³-hybridized carbons (Fsp3) is 0.600. The molecule has 2 amide bonds. The second-order valence-corrected chi connectivity index (χ2v) is 22.4. The van der Waals surface area contributed by atoms with E-state index < -0.39 is 0 Å². The van der Waals surface area contributed by atoms with Crippen LogP contribution in [-0.4, -0.2) is 24.9 Å². The van der Waals surface area contributed by atoms with Crippen LogP contribution in [0.2, 0.25) is 0 Å². The zero-order valence-corrected chi connectivity index (χ0v) is 42.3. The van der Waals surface area contributed by atoms with E-state index in [1.807, 2.05) is 0 Å². The van der Waals surface area contributed by atoms with Crippen molar-refractivity contribution in [3.63, 3.8) is 0 Å². The summed E-state index contributed by atoms with van der Waals surface area (Å²) in [5, 5.41) is 4.28. The van der Waals surface area contributed by atoms with Crippen LogP contribution >= 0.6 is 38.6 Å². The van der Waals surface area contributed by atoms with E-state index in [1.54, 1.807) is 22.7 Å². The lowest BCUT2D eigenvalue weighted by Gasteiger charge is -2.28. The first-order valence-corrected chi connectivity index (χ1v) is 27.5. The van der Waals surface area contributed by atoms with E-state index in [0.717, 1.165) is 89.6 Å². The zero-order valence-electron chi connectivity index (χ0n) is 39.1. The summed E-state index contributed by atoms with van der Waals surface area (Å²) in [6.45, 7) is 12.8. The number of carbonyl (C=O) groups excluding carboxylic acids is 2. The van der Waals surface area contributed by atoms with Crippen LogP contribution in [0.25, 0.3) is 21.9 Å². The summed E-state index contributed by atoms with van der Waals surface area (Å²) in [6, 6.07) is 17.4. The number of hydrogen-bond donors (Lipinski definition) is 0. The Bertz CT molecular complexity index is 2030. The van der Waals surface area contributed by atoms with Gasteiger partial charge in [-0.15, -0.1) is 22.7 Å². The van der Waals surface area contributed by atoms with E-state index in [4.69, 9.17) is 0 Å². The van der Waals surface area contributed by atoms with Gasteiger partial charge in [-0.1, -0.05) is 180 Å². The van der Waals surface area contributed by atoms with Crippen molar-refractivity contribution in [3.8, 4) is 0 Å². The molecule has 0 spiro atoms. The van der Waals surface area contributed by atoms with Gasteiger partial charge >= 0.3 is 0 Å². The quantitative estimate of drug-likeness (QED) is 0.0489. The second kappa shape index (κ2) is 25.1. The maximum absolute atomic E-state index is 15.1.